The second-order valence-electron chi connectivity index (χ2n) is 10.6. The summed E-state index contributed by atoms with van der Waals surface area (Å²) < 4.78 is 41.4. The van der Waals surface area contributed by atoms with E-state index in [1.165, 1.54) is 28.7 Å². The minimum atomic E-state index is -3.93. The smallest absolute Gasteiger partial charge is 0.245 e. The van der Waals surface area contributed by atoms with Gasteiger partial charge in [-0.3, -0.25) is 9.78 Å². The largest absolute Gasteiger partial charge is 0.339 e. The van der Waals surface area contributed by atoms with E-state index in [1.54, 1.807) is 12.4 Å². The number of aromatic nitrogens is 3. The minimum absolute atomic E-state index is 0.00786. The number of hydrogen-bond acceptors (Lipinski definition) is 8. The van der Waals surface area contributed by atoms with Crippen molar-refractivity contribution in [1.82, 2.24) is 19.3 Å². The summed E-state index contributed by atoms with van der Waals surface area (Å²) in [7, 11) is -3.93. The van der Waals surface area contributed by atoms with E-state index in [1.807, 2.05) is 24.3 Å². The standard InChI is InChI=1S/C30H29ClFN7O3S/c31-24-18-34-30-36-23-13-20(16-33-17-23)5-6-21-15-22(35-29(24)38-30)7-8-26(21)37-28(40)14-19-9-11-39(12-10-19)43(41,42)27-4-2-1-3-25(27)32/h1-4,7-8,13,15-19H,5-6,9-12,14H2,(H,37,40)(H2,34,35,36,38). The Kier molecular flexibility index (Phi) is 8.24. The van der Waals surface area contributed by atoms with Crippen LogP contribution in [0, 0.1) is 11.7 Å². The number of benzene rings is 2. The van der Waals surface area contributed by atoms with E-state index in [0.29, 0.717) is 48.2 Å². The van der Waals surface area contributed by atoms with Crippen LogP contribution in [0.3, 0.4) is 0 Å². The Bertz CT molecular complexity index is 1780. The third kappa shape index (κ3) is 6.61. The molecule has 0 atom stereocenters. The number of amides is 1. The number of carbonyl (C=O) groups is 1. The highest BCUT2D eigenvalue weighted by atomic mass is 35.5. The highest BCUT2D eigenvalue weighted by Crippen LogP contribution is 2.31. The Morgan fingerprint density at radius 1 is 1.02 bits per heavy atom. The third-order valence-corrected chi connectivity index (χ3v) is 9.83. The first-order chi connectivity index (χ1) is 20.7. The van der Waals surface area contributed by atoms with Crippen LogP contribution in [0.5, 0.6) is 0 Å². The Balaban J connectivity index is 1.15. The van der Waals surface area contributed by atoms with E-state index < -0.39 is 15.8 Å². The molecule has 6 rings (SSSR count). The maximum atomic E-state index is 14.2. The van der Waals surface area contributed by atoms with Crippen LogP contribution in [0.25, 0.3) is 0 Å². The monoisotopic (exact) mass is 621 g/mol. The number of pyridine rings is 1. The number of hydrogen-bond donors (Lipinski definition) is 3. The number of carbonyl (C=O) groups excluding carboxylic acids is 1. The van der Waals surface area contributed by atoms with Crippen molar-refractivity contribution in [2.45, 2.75) is 37.0 Å². The molecular formula is C30H29ClFN7O3S. The summed E-state index contributed by atoms with van der Waals surface area (Å²) in [4.78, 5) is 25.9. The second-order valence-corrected chi connectivity index (χ2v) is 12.9. The van der Waals surface area contributed by atoms with Crippen LogP contribution >= 0.6 is 11.6 Å². The molecule has 0 radical (unpaired) electrons. The van der Waals surface area contributed by atoms with Crippen LogP contribution in [0.15, 0.2) is 72.0 Å². The SMILES string of the molecule is O=C(CC1CCN(S(=O)(=O)c2ccccc2F)CC1)Nc1ccc2cc1CCc1cncc(c1)Nc1ncc(Cl)c(n1)N2. The van der Waals surface area contributed by atoms with Gasteiger partial charge in [0.25, 0.3) is 0 Å². The lowest BCUT2D eigenvalue weighted by Crippen LogP contribution is -2.39. The first-order valence-electron chi connectivity index (χ1n) is 13.9. The van der Waals surface area contributed by atoms with Gasteiger partial charge in [0, 0.05) is 37.1 Å². The first-order valence-corrected chi connectivity index (χ1v) is 15.7. The van der Waals surface area contributed by atoms with Crippen LogP contribution < -0.4 is 16.0 Å². The maximum Gasteiger partial charge on any atom is 0.245 e. The Hall–Kier alpha value is -4.13. The number of anilines is 5. The molecule has 1 fully saturated rings. The van der Waals surface area contributed by atoms with E-state index in [9.17, 15) is 17.6 Å². The molecule has 2 aromatic carbocycles. The molecule has 13 heteroatoms. The summed E-state index contributed by atoms with van der Waals surface area (Å²) in [6.45, 7) is 0.463. The van der Waals surface area contributed by atoms with E-state index in [2.05, 4.69) is 30.9 Å². The van der Waals surface area contributed by atoms with Crippen LogP contribution in [0.2, 0.25) is 5.02 Å². The number of fused-ring (bicyclic) bond motifs is 6. The fourth-order valence-electron chi connectivity index (χ4n) is 5.36. The summed E-state index contributed by atoms with van der Waals surface area (Å²) in [5.41, 5.74) is 4.13. The highest BCUT2D eigenvalue weighted by molar-refractivity contribution is 7.89. The molecule has 1 amide bonds. The number of rotatable bonds is 5. The van der Waals surface area contributed by atoms with Crippen molar-refractivity contribution in [3.8, 4) is 0 Å². The van der Waals surface area contributed by atoms with Gasteiger partial charge in [-0.2, -0.15) is 9.29 Å². The molecule has 4 heterocycles. The van der Waals surface area contributed by atoms with Crippen molar-refractivity contribution < 1.29 is 17.6 Å². The molecule has 43 heavy (non-hydrogen) atoms. The third-order valence-electron chi connectivity index (χ3n) is 7.62. The lowest BCUT2D eigenvalue weighted by Gasteiger charge is -2.31. The Morgan fingerprint density at radius 2 is 1.84 bits per heavy atom. The Morgan fingerprint density at radius 3 is 2.65 bits per heavy atom. The van der Waals surface area contributed by atoms with Gasteiger partial charge < -0.3 is 16.0 Å². The molecule has 2 aliphatic rings. The molecule has 222 valence electrons. The summed E-state index contributed by atoms with van der Waals surface area (Å²) in [6, 6.07) is 13.0. The molecule has 1 saturated heterocycles. The quantitative estimate of drug-likeness (QED) is 0.260. The zero-order valence-electron chi connectivity index (χ0n) is 23.1. The lowest BCUT2D eigenvalue weighted by molar-refractivity contribution is -0.117. The van der Waals surface area contributed by atoms with Gasteiger partial charge in [-0.1, -0.05) is 23.7 Å². The number of nitrogens with one attached hydrogen (secondary N) is 3. The second kappa shape index (κ2) is 12.2. The molecule has 2 aromatic heterocycles. The average molecular weight is 622 g/mol. The molecule has 0 unspecified atom stereocenters. The van der Waals surface area contributed by atoms with Gasteiger partial charge in [0.15, 0.2) is 5.82 Å². The van der Waals surface area contributed by atoms with Crippen molar-refractivity contribution in [3.63, 3.8) is 0 Å². The number of sulfonamides is 1. The van der Waals surface area contributed by atoms with Crippen molar-refractivity contribution >= 4 is 56.4 Å². The van der Waals surface area contributed by atoms with Crippen molar-refractivity contribution in [3.05, 3.63) is 89.1 Å². The zero-order chi connectivity index (χ0) is 30.0. The van der Waals surface area contributed by atoms with Crippen LogP contribution in [-0.2, 0) is 27.7 Å². The van der Waals surface area contributed by atoms with Gasteiger partial charge in [0.1, 0.15) is 15.7 Å². The fraction of sp³-hybridized carbons (Fsp3) is 0.267. The van der Waals surface area contributed by atoms with Gasteiger partial charge >= 0.3 is 0 Å². The van der Waals surface area contributed by atoms with E-state index in [0.717, 1.165) is 28.6 Å². The normalized spacial score (nSPS) is 15.7. The molecule has 10 nitrogen and oxygen atoms in total. The predicted octanol–water partition coefficient (Wildman–Crippen LogP) is 5.68. The summed E-state index contributed by atoms with van der Waals surface area (Å²) in [6.07, 6.45) is 7.61. The number of aryl methyl sites for hydroxylation is 2. The van der Waals surface area contributed by atoms with Crippen molar-refractivity contribution in [2.75, 3.05) is 29.0 Å². The molecule has 3 N–H and O–H groups in total. The number of piperidine rings is 1. The summed E-state index contributed by atoms with van der Waals surface area (Å²) in [5, 5.41) is 9.83. The molecule has 6 bridgehead atoms. The van der Waals surface area contributed by atoms with E-state index in [-0.39, 0.29) is 36.2 Å². The number of nitrogens with zero attached hydrogens (tertiary/aromatic N) is 4. The van der Waals surface area contributed by atoms with Gasteiger partial charge in [-0.25, -0.2) is 17.8 Å². The molecule has 4 aromatic rings. The van der Waals surface area contributed by atoms with Gasteiger partial charge in [0.2, 0.25) is 21.9 Å². The van der Waals surface area contributed by atoms with Crippen molar-refractivity contribution in [2.24, 2.45) is 5.92 Å². The lowest BCUT2D eigenvalue weighted by atomic mass is 9.94. The minimum Gasteiger partial charge on any atom is -0.339 e. The van der Waals surface area contributed by atoms with Crippen LogP contribution in [0.4, 0.5) is 33.2 Å². The molecule has 0 aliphatic carbocycles. The Labute approximate surface area is 253 Å². The van der Waals surface area contributed by atoms with Crippen molar-refractivity contribution in [1.29, 1.82) is 0 Å². The average Bonchev–Trinajstić information content (AvgIpc) is 2.99. The highest BCUT2D eigenvalue weighted by Gasteiger charge is 2.32. The molecular weight excluding hydrogens is 593 g/mol. The van der Waals surface area contributed by atoms with Gasteiger partial charge in [0.05, 0.1) is 18.1 Å². The zero-order valence-corrected chi connectivity index (χ0v) is 24.6. The first kappa shape index (κ1) is 29.0. The van der Waals surface area contributed by atoms with Crippen LogP contribution in [-0.4, -0.2) is 46.7 Å². The topological polar surface area (TPSA) is 129 Å². The maximum absolute atomic E-state index is 14.2. The van der Waals surface area contributed by atoms with E-state index in [4.69, 9.17) is 11.6 Å². The fourth-order valence-corrected chi connectivity index (χ4v) is 7.04. The molecule has 2 aliphatic heterocycles. The van der Waals surface area contributed by atoms with E-state index >= 15 is 0 Å². The van der Waals surface area contributed by atoms with Gasteiger partial charge in [-0.05, 0) is 79.1 Å². The van der Waals surface area contributed by atoms with Gasteiger partial charge in [-0.15, -0.1) is 0 Å². The summed E-state index contributed by atoms with van der Waals surface area (Å²) >= 11 is 6.36. The molecule has 0 spiro atoms. The summed E-state index contributed by atoms with van der Waals surface area (Å²) in [5.74, 6) is -0.0853. The predicted molar refractivity (Wildman–Crippen MR) is 163 cm³/mol. The molecule has 0 saturated carbocycles. The van der Waals surface area contributed by atoms with Crippen LogP contribution in [0.1, 0.15) is 30.4 Å². The number of halogens is 2.